The zero-order valence-electron chi connectivity index (χ0n) is 22.0. The molecule has 0 aliphatic carbocycles. The first-order valence-corrected chi connectivity index (χ1v) is 12.3. The van der Waals surface area contributed by atoms with Crippen molar-refractivity contribution >= 4 is 17.6 Å². The third kappa shape index (κ3) is 5.80. The van der Waals surface area contributed by atoms with Gasteiger partial charge in [0.05, 0.1) is 18.3 Å². The summed E-state index contributed by atoms with van der Waals surface area (Å²) in [6, 6.07) is 7.78. The molecule has 1 N–H and O–H groups in total. The fourth-order valence-corrected chi connectivity index (χ4v) is 4.88. The zero-order chi connectivity index (χ0) is 27.7. The second-order valence-corrected chi connectivity index (χ2v) is 9.55. The molecule has 4 aromatic rings. The number of alkyl halides is 2. The van der Waals surface area contributed by atoms with E-state index in [-0.39, 0.29) is 60.1 Å². The van der Waals surface area contributed by atoms with Crippen LogP contribution >= 0.6 is 0 Å². The van der Waals surface area contributed by atoms with Crippen LogP contribution in [0.4, 0.5) is 19.1 Å². The van der Waals surface area contributed by atoms with Crippen molar-refractivity contribution in [1.29, 1.82) is 0 Å². The van der Waals surface area contributed by atoms with Crippen molar-refractivity contribution in [3.8, 4) is 16.9 Å². The molecule has 5 rings (SSSR count). The molecule has 0 unspecified atom stereocenters. The molecule has 0 saturated carbocycles. The number of hydrogen-bond donors (Lipinski definition) is 1. The number of carboxylic acids is 1. The normalized spacial score (nSPS) is 14.8. The summed E-state index contributed by atoms with van der Waals surface area (Å²) in [7, 11) is 0. The number of carboxylic acid groups (broad SMARTS) is 1. The van der Waals surface area contributed by atoms with Crippen LogP contribution in [0.5, 0.6) is 5.75 Å². The molecule has 1 aliphatic rings. The van der Waals surface area contributed by atoms with E-state index in [0.29, 0.717) is 47.2 Å². The maximum atomic E-state index is 15.1. The number of aromatic nitrogens is 4. The number of rotatable bonds is 8. The minimum Gasteiger partial charge on any atom is -0.549 e. The number of benzene rings is 1. The second-order valence-electron chi connectivity index (χ2n) is 9.55. The summed E-state index contributed by atoms with van der Waals surface area (Å²) < 4.78 is 47.3. The Hall–Kier alpha value is -3.19. The summed E-state index contributed by atoms with van der Waals surface area (Å²) in [5.74, 6) is -1.39. The number of anilines is 1. The largest absolute Gasteiger partial charge is 1.00 e. The summed E-state index contributed by atoms with van der Waals surface area (Å²) in [5.41, 5.74) is 1.55. The van der Waals surface area contributed by atoms with Crippen molar-refractivity contribution in [2.24, 2.45) is 5.41 Å². The standard InChI is InChI=1S/C27H26F3N5O4.Na/c1-16-21(10-17-4-2-3-5-22(17)39-25(29)30)35-14-19(20(28)11-23(35)33-16)18-12-31-26(32-13-18)34-8-6-27(15-36,7-9-34)24(37)38;/h2-5,11-14,25,36H,6-10,15H2,1H3,(H,37,38);/q;+1/p-1. The molecule has 40 heavy (non-hydrogen) atoms. The van der Waals surface area contributed by atoms with Gasteiger partial charge in [-0.15, -0.1) is 0 Å². The van der Waals surface area contributed by atoms with E-state index in [1.165, 1.54) is 24.5 Å². The van der Waals surface area contributed by atoms with Gasteiger partial charge in [0, 0.05) is 72.0 Å². The molecule has 9 nitrogen and oxygen atoms in total. The first-order chi connectivity index (χ1) is 18.7. The summed E-state index contributed by atoms with van der Waals surface area (Å²) >= 11 is 0. The average Bonchev–Trinajstić information content (AvgIpc) is 3.22. The quantitative estimate of drug-likeness (QED) is 0.292. The third-order valence-corrected chi connectivity index (χ3v) is 7.24. The number of hydrogen-bond acceptors (Lipinski definition) is 8. The first-order valence-electron chi connectivity index (χ1n) is 12.3. The monoisotopic (exact) mass is 563 g/mol. The Bertz CT molecular complexity index is 1510. The van der Waals surface area contributed by atoms with Crippen LogP contribution in [0.15, 0.2) is 48.9 Å². The molecule has 0 spiro atoms. The van der Waals surface area contributed by atoms with Crippen molar-refractivity contribution in [3.63, 3.8) is 0 Å². The van der Waals surface area contributed by atoms with Crippen LogP contribution in [0, 0.1) is 18.2 Å². The molecule has 3 aromatic heterocycles. The number of imidazole rings is 1. The fraction of sp³-hybridized carbons (Fsp3) is 0.333. The van der Waals surface area contributed by atoms with E-state index >= 15 is 4.39 Å². The summed E-state index contributed by atoms with van der Waals surface area (Å²) in [6.07, 6.45) is 5.15. The van der Waals surface area contributed by atoms with E-state index in [2.05, 4.69) is 19.7 Å². The number of aliphatic hydroxyl groups excluding tert-OH is 1. The Morgan fingerprint density at radius 2 is 1.88 bits per heavy atom. The van der Waals surface area contributed by atoms with Crippen LogP contribution in [0.3, 0.4) is 0 Å². The van der Waals surface area contributed by atoms with Crippen molar-refractivity contribution in [3.05, 3.63) is 71.7 Å². The van der Waals surface area contributed by atoms with Gasteiger partial charge in [-0.3, -0.25) is 0 Å². The van der Waals surface area contributed by atoms with Gasteiger partial charge in [-0.2, -0.15) is 8.78 Å². The second kappa shape index (κ2) is 12.1. The topological polar surface area (TPSA) is 116 Å². The molecule has 0 amide bonds. The summed E-state index contributed by atoms with van der Waals surface area (Å²) in [5, 5.41) is 21.0. The van der Waals surface area contributed by atoms with Gasteiger partial charge in [0.1, 0.15) is 17.2 Å². The number of aryl methyl sites for hydroxylation is 1. The van der Waals surface area contributed by atoms with Gasteiger partial charge in [0.2, 0.25) is 5.95 Å². The number of piperidine rings is 1. The maximum Gasteiger partial charge on any atom is 1.00 e. The van der Waals surface area contributed by atoms with Crippen LogP contribution < -0.4 is 44.3 Å². The Kier molecular flexibility index (Phi) is 9.03. The minimum atomic E-state index is -2.96. The molecule has 1 aromatic carbocycles. The van der Waals surface area contributed by atoms with Crippen LogP contribution in [0.1, 0.15) is 29.8 Å². The number of halogens is 3. The van der Waals surface area contributed by atoms with Crippen LogP contribution in [0.2, 0.25) is 0 Å². The van der Waals surface area contributed by atoms with E-state index in [1.54, 1.807) is 40.6 Å². The van der Waals surface area contributed by atoms with Gasteiger partial charge in [0.15, 0.2) is 0 Å². The Morgan fingerprint density at radius 1 is 1.20 bits per heavy atom. The van der Waals surface area contributed by atoms with Gasteiger partial charge in [-0.25, -0.2) is 19.3 Å². The Morgan fingerprint density at radius 3 is 2.50 bits per heavy atom. The van der Waals surface area contributed by atoms with Crippen LogP contribution in [-0.4, -0.2) is 56.7 Å². The van der Waals surface area contributed by atoms with Crippen molar-refractivity contribution in [2.75, 3.05) is 24.6 Å². The first kappa shape index (κ1) is 29.8. The molecule has 0 radical (unpaired) electrons. The van der Waals surface area contributed by atoms with Gasteiger partial charge >= 0.3 is 36.2 Å². The summed E-state index contributed by atoms with van der Waals surface area (Å²) in [4.78, 5) is 26.4. The average molecular weight is 564 g/mol. The van der Waals surface area contributed by atoms with Crippen molar-refractivity contribution in [1.82, 2.24) is 19.4 Å². The number of aliphatic hydroxyl groups is 1. The fourth-order valence-electron chi connectivity index (χ4n) is 4.88. The molecule has 1 aliphatic heterocycles. The zero-order valence-corrected chi connectivity index (χ0v) is 24.0. The number of nitrogens with zero attached hydrogens (tertiary/aromatic N) is 5. The van der Waals surface area contributed by atoms with Gasteiger partial charge < -0.3 is 29.0 Å². The molecule has 0 atom stereocenters. The third-order valence-electron chi connectivity index (χ3n) is 7.24. The number of fused-ring (bicyclic) bond motifs is 1. The molecule has 204 valence electrons. The van der Waals surface area contributed by atoms with Crippen molar-refractivity contribution in [2.45, 2.75) is 32.8 Å². The van der Waals surface area contributed by atoms with E-state index < -0.39 is 30.4 Å². The predicted molar refractivity (Wildman–Crippen MR) is 133 cm³/mol. The molecule has 4 heterocycles. The summed E-state index contributed by atoms with van der Waals surface area (Å²) in [6.45, 7) is -1.05. The predicted octanol–water partition coefficient (Wildman–Crippen LogP) is -0.236. The maximum absolute atomic E-state index is 15.1. The molecule has 1 fully saturated rings. The van der Waals surface area contributed by atoms with E-state index in [4.69, 9.17) is 0 Å². The van der Waals surface area contributed by atoms with Gasteiger partial charge in [-0.05, 0) is 25.8 Å². The molecule has 13 heteroatoms. The number of carbonyl (C=O) groups is 1. The number of aliphatic carboxylic acids is 1. The Balaban J connectivity index is 0.00000370. The van der Waals surface area contributed by atoms with Crippen LogP contribution in [-0.2, 0) is 11.2 Å². The molecule has 1 saturated heterocycles. The van der Waals surface area contributed by atoms with Crippen LogP contribution in [0.25, 0.3) is 16.8 Å². The number of ether oxygens (including phenoxy) is 1. The smallest absolute Gasteiger partial charge is 0.549 e. The van der Waals surface area contributed by atoms with Gasteiger partial charge in [-0.1, -0.05) is 18.2 Å². The number of carbonyl (C=O) groups excluding carboxylic acids is 1. The van der Waals surface area contributed by atoms with E-state index in [0.717, 1.165) is 0 Å². The van der Waals surface area contributed by atoms with E-state index in [9.17, 15) is 23.8 Å². The Labute approximate surface area is 249 Å². The van der Waals surface area contributed by atoms with Crippen molar-refractivity contribution < 1.29 is 62.5 Å². The van der Waals surface area contributed by atoms with Gasteiger partial charge in [0.25, 0.3) is 0 Å². The van der Waals surface area contributed by atoms with E-state index in [1.807, 2.05) is 0 Å². The minimum absolute atomic E-state index is 0. The number of para-hydroxylation sites is 1. The molecule has 0 bridgehead atoms. The molecular weight excluding hydrogens is 538 g/mol. The SMILES string of the molecule is Cc1nc2cc(F)c(-c3cnc(N4CCC(CO)(C(=O)[O-])CC4)nc3)cn2c1Cc1ccccc1OC(F)F.[Na+]. The molecular formula is C27H25F3N5NaO4. The number of pyridine rings is 1.